The van der Waals surface area contributed by atoms with Crippen LogP contribution in [-0.4, -0.2) is 45.7 Å². The molecule has 2 aromatic rings. The number of ether oxygens (including phenoxy) is 2. The average Bonchev–Trinajstić information content (AvgIpc) is 2.61. The van der Waals surface area contributed by atoms with E-state index in [0.717, 1.165) is 11.3 Å². The topological polar surface area (TPSA) is 50.8 Å². The Kier molecular flexibility index (Phi) is 6.21. The number of nitrogens with one attached hydrogen (secondary N) is 1. The Morgan fingerprint density at radius 2 is 1.83 bits per heavy atom. The predicted octanol–water partition coefficient (Wildman–Crippen LogP) is 2.74. The number of methoxy groups -OCH3 is 2. The van der Waals surface area contributed by atoms with Gasteiger partial charge in [-0.05, 0) is 43.9 Å². The summed E-state index contributed by atoms with van der Waals surface area (Å²) in [6.45, 7) is 0.483. The highest BCUT2D eigenvalue weighted by Gasteiger charge is 2.18. The van der Waals surface area contributed by atoms with E-state index < -0.39 is 0 Å². The first-order chi connectivity index (χ1) is 11.6. The Morgan fingerprint density at radius 3 is 2.50 bits per heavy atom. The Balaban J connectivity index is 2.12. The lowest BCUT2D eigenvalue weighted by atomic mass is 10.1. The van der Waals surface area contributed by atoms with E-state index in [1.807, 2.05) is 50.5 Å². The summed E-state index contributed by atoms with van der Waals surface area (Å²) in [6, 6.07) is 15.1. The fourth-order valence-corrected chi connectivity index (χ4v) is 2.56. The lowest BCUT2D eigenvalue weighted by molar-refractivity contribution is 0.0939. The Bertz CT molecular complexity index is 686. The number of benzene rings is 2. The molecule has 0 aliphatic heterocycles. The number of rotatable bonds is 7. The van der Waals surface area contributed by atoms with Crippen LogP contribution in [0.2, 0.25) is 0 Å². The molecule has 0 saturated heterocycles. The summed E-state index contributed by atoms with van der Waals surface area (Å²) >= 11 is 0. The molecule has 0 bridgehead atoms. The standard InChI is InChI=1S/C19H24N2O3/c1-21(2)17(14-8-7-9-15(12-14)23-3)13-20-19(22)16-10-5-6-11-18(16)24-4/h5-12,17H,13H2,1-4H3,(H,20,22). The lowest BCUT2D eigenvalue weighted by Gasteiger charge is -2.25. The molecule has 1 atom stereocenters. The highest BCUT2D eigenvalue weighted by molar-refractivity contribution is 5.96. The number of hydrogen-bond acceptors (Lipinski definition) is 4. The maximum atomic E-state index is 12.5. The van der Waals surface area contributed by atoms with Gasteiger partial charge in [-0.15, -0.1) is 0 Å². The number of carbonyl (C=O) groups excluding carboxylic acids is 1. The average molecular weight is 328 g/mol. The summed E-state index contributed by atoms with van der Waals surface area (Å²) in [4.78, 5) is 14.5. The first kappa shape index (κ1) is 17.8. The van der Waals surface area contributed by atoms with Crippen molar-refractivity contribution >= 4 is 5.91 Å². The van der Waals surface area contributed by atoms with E-state index in [1.54, 1.807) is 26.4 Å². The third kappa shape index (κ3) is 4.26. The molecule has 1 unspecified atom stereocenters. The Hall–Kier alpha value is -2.53. The van der Waals surface area contributed by atoms with Gasteiger partial charge in [-0.25, -0.2) is 0 Å². The fourth-order valence-electron chi connectivity index (χ4n) is 2.56. The molecule has 0 aliphatic rings. The highest BCUT2D eigenvalue weighted by atomic mass is 16.5. The van der Waals surface area contributed by atoms with Gasteiger partial charge in [0, 0.05) is 6.54 Å². The molecule has 0 fully saturated rings. The van der Waals surface area contributed by atoms with E-state index in [1.165, 1.54) is 0 Å². The number of amides is 1. The maximum Gasteiger partial charge on any atom is 0.255 e. The molecule has 1 N–H and O–H groups in total. The van der Waals surface area contributed by atoms with Crippen LogP contribution in [0.15, 0.2) is 48.5 Å². The predicted molar refractivity (Wildman–Crippen MR) is 94.7 cm³/mol. The van der Waals surface area contributed by atoms with Gasteiger partial charge in [0.05, 0.1) is 25.8 Å². The molecule has 5 heteroatoms. The Labute approximate surface area is 143 Å². The van der Waals surface area contributed by atoms with E-state index in [-0.39, 0.29) is 11.9 Å². The molecule has 1 amide bonds. The SMILES string of the molecule is COc1cccc(C(CNC(=O)c2ccccc2OC)N(C)C)c1. The summed E-state index contributed by atoms with van der Waals surface area (Å²) in [5.74, 6) is 1.22. The zero-order valence-electron chi connectivity index (χ0n) is 14.6. The molecule has 5 nitrogen and oxygen atoms in total. The quantitative estimate of drug-likeness (QED) is 0.849. The molecule has 0 spiro atoms. The number of likely N-dealkylation sites (N-methyl/N-ethyl adjacent to an activating group) is 1. The minimum Gasteiger partial charge on any atom is -0.497 e. The number of para-hydroxylation sites is 1. The van der Waals surface area contributed by atoms with Crippen molar-refractivity contribution in [1.29, 1.82) is 0 Å². The van der Waals surface area contributed by atoms with Crippen LogP contribution in [0.3, 0.4) is 0 Å². The largest absolute Gasteiger partial charge is 0.497 e. The van der Waals surface area contributed by atoms with Crippen LogP contribution in [0.4, 0.5) is 0 Å². The van der Waals surface area contributed by atoms with E-state index in [4.69, 9.17) is 9.47 Å². The third-order valence-corrected chi connectivity index (χ3v) is 3.91. The van der Waals surface area contributed by atoms with Crippen LogP contribution < -0.4 is 14.8 Å². The Morgan fingerprint density at radius 1 is 1.08 bits per heavy atom. The molecule has 24 heavy (non-hydrogen) atoms. The molecule has 0 aliphatic carbocycles. The van der Waals surface area contributed by atoms with Crippen LogP contribution in [0.1, 0.15) is 22.0 Å². The normalized spacial score (nSPS) is 11.9. The molecule has 2 rings (SSSR count). The minimum atomic E-state index is -0.151. The van der Waals surface area contributed by atoms with Gasteiger partial charge in [-0.3, -0.25) is 4.79 Å². The van der Waals surface area contributed by atoms with Gasteiger partial charge in [0.25, 0.3) is 5.91 Å². The second-order valence-electron chi connectivity index (χ2n) is 5.67. The molecular formula is C19H24N2O3. The molecule has 0 saturated carbocycles. The van der Waals surface area contributed by atoms with Crippen molar-refractivity contribution in [3.8, 4) is 11.5 Å². The van der Waals surface area contributed by atoms with Gasteiger partial charge < -0.3 is 19.7 Å². The molecular weight excluding hydrogens is 304 g/mol. The van der Waals surface area contributed by atoms with Crippen LogP contribution in [0, 0.1) is 0 Å². The molecule has 0 aromatic heterocycles. The van der Waals surface area contributed by atoms with Gasteiger partial charge in [-0.2, -0.15) is 0 Å². The summed E-state index contributed by atoms with van der Waals surface area (Å²) in [5.41, 5.74) is 1.61. The minimum absolute atomic E-state index is 0.0405. The third-order valence-electron chi connectivity index (χ3n) is 3.91. The monoisotopic (exact) mass is 328 g/mol. The zero-order valence-corrected chi connectivity index (χ0v) is 14.6. The number of nitrogens with zero attached hydrogens (tertiary/aromatic N) is 1. The molecule has 0 heterocycles. The van der Waals surface area contributed by atoms with Crippen LogP contribution in [0.5, 0.6) is 11.5 Å². The fraction of sp³-hybridized carbons (Fsp3) is 0.316. The maximum absolute atomic E-state index is 12.5. The summed E-state index contributed by atoms with van der Waals surface area (Å²) in [7, 11) is 7.18. The molecule has 2 aromatic carbocycles. The molecule has 128 valence electrons. The van der Waals surface area contributed by atoms with Gasteiger partial charge >= 0.3 is 0 Å². The van der Waals surface area contributed by atoms with Gasteiger partial charge in [-0.1, -0.05) is 24.3 Å². The molecule has 0 radical (unpaired) electrons. The van der Waals surface area contributed by atoms with Gasteiger partial charge in [0.15, 0.2) is 0 Å². The van der Waals surface area contributed by atoms with Crippen LogP contribution >= 0.6 is 0 Å². The second-order valence-corrected chi connectivity index (χ2v) is 5.67. The van der Waals surface area contributed by atoms with Crippen molar-refractivity contribution in [2.45, 2.75) is 6.04 Å². The van der Waals surface area contributed by atoms with Crippen molar-refractivity contribution in [3.05, 3.63) is 59.7 Å². The summed E-state index contributed by atoms with van der Waals surface area (Å²) in [6.07, 6.45) is 0. The first-order valence-electron chi connectivity index (χ1n) is 7.78. The van der Waals surface area contributed by atoms with E-state index in [9.17, 15) is 4.79 Å². The smallest absolute Gasteiger partial charge is 0.255 e. The van der Waals surface area contributed by atoms with Crippen molar-refractivity contribution < 1.29 is 14.3 Å². The van der Waals surface area contributed by atoms with Crippen LogP contribution in [-0.2, 0) is 0 Å². The lowest BCUT2D eigenvalue weighted by Crippen LogP contribution is -2.34. The number of carbonyl (C=O) groups is 1. The highest BCUT2D eigenvalue weighted by Crippen LogP contribution is 2.23. The van der Waals surface area contributed by atoms with Gasteiger partial charge in [0.2, 0.25) is 0 Å². The van der Waals surface area contributed by atoms with Crippen molar-refractivity contribution in [2.75, 3.05) is 34.9 Å². The first-order valence-corrected chi connectivity index (χ1v) is 7.78. The van der Waals surface area contributed by atoms with E-state index in [2.05, 4.69) is 10.2 Å². The summed E-state index contributed by atoms with van der Waals surface area (Å²) < 4.78 is 10.5. The van der Waals surface area contributed by atoms with Crippen molar-refractivity contribution in [2.24, 2.45) is 0 Å². The van der Waals surface area contributed by atoms with E-state index in [0.29, 0.717) is 17.9 Å². The van der Waals surface area contributed by atoms with Gasteiger partial charge in [0.1, 0.15) is 11.5 Å². The van der Waals surface area contributed by atoms with Crippen LogP contribution in [0.25, 0.3) is 0 Å². The van der Waals surface area contributed by atoms with Crippen molar-refractivity contribution in [1.82, 2.24) is 10.2 Å². The van der Waals surface area contributed by atoms with E-state index >= 15 is 0 Å². The number of hydrogen-bond donors (Lipinski definition) is 1. The zero-order chi connectivity index (χ0) is 17.5. The second kappa shape index (κ2) is 8.36. The van der Waals surface area contributed by atoms with Crippen molar-refractivity contribution in [3.63, 3.8) is 0 Å². The summed E-state index contributed by atoms with van der Waals surface area (Å²) in [5, 5.41) is 2.99.